The summed E-state index contributed by atoms with van der Waals surface area (Å²) >= 11 is 0. The Bertz CT molecular complexity index is 2460. The molecule has 0 fully saturated rings. The molecule has 0 amide bonds. The second-order valence-corrected chi connectivity index (χ2v) is 11.1. The highest BCUT2D eigenvalue weighted by atomic mass is 16.3. The maximum Gasteiger partial charge on any atom is 0.227 e. The first-order valence-electron chi connectivity index (χ1n) is 15.1. The number of hydrogen-bond acceptors (Lipinski definition) is 6. The van der Waals surface area contributed by atoms with Gasteiger partial charge in [-0.3, -0.25) is 0 Å². The van der Waals surface area contributed by atoms with Gasteiger partial charge in [0, 0.05) is 38.6 Å². The monoisotopic (exact) mass is 592 g/mol. The van der Waals surface area contributed by atoms with Crippen molar-refractivity contribution in [2.45, 2.75) is 0 Å². The van der Waals surface area contributed by atoms with Crippen LogP contribution in [0.15, 0.2) is 154 Å². The summed E-state index contributed by atoms with van der Waals surface area (Å²) in [6.45, 7) is 0. The summed E-state index contributed by atoms with van der Waals surface area (Å²) < 4.78 is 12.6. The van der Waals surface area contributed by atoms with E-state index in [1.54, 1.807) is 0 Å². The van der Waals surface area contributed by atoms with Crippen LogP contribution in [-0.2, 0) is 0 Å². The SMILES string of the molecule is c1ccc(-c2nc(-c3ccccc3)nc(-c3cccc4oc5cc(-c6cccc7oc(-c8ccccc8)nc67)ccc5c34)n2)cc1. The zero-order chi connectivity index (χ0) is 30.5. The summed E-state index contributed by atoms with van der Waals surface area (Å²) in [6, 6.07) is 48.3. The van der Waals surface area contributed by atoms with Gasteiger partial charge in [0.15, 0.2) is 23.1 Å². The van der Waals surface area contributed by atoms with Gasteiger partial charge < -0.3 is 8.83 Å². The van der Waals surface area contributed by atoms with Crippen LogP contribution in [0.2, 0.25) is 0 Å². The van der Waals surface area contributed by atoms with E-state index in [-0.39, 0.29) is 0 Å². The van der Waals surface area contributed by atoms with Crippen LogP contribution >= 0.6 is 0 Å². The van der Waals surface area contributed by atoms with Crippen molar-refractivity contribution in [2.24, 2.45) is 0 Å². The zero-order valence-corrected chi connectivity index (χ0v) is 24.5. The molecule has 6 nitrogen and oxygen atoms in total. The van der Waals surface area contributed by atoms with Crippen molar-refractivity contribution in [3.63, 3.8) is 0 Å². The van der Waals surface area contributed by atoms with Gasteiger partial charge in [-0.05, 0) is 42.0 Å². The zero-order valence-electron chi connectivity index (χ0n) is 24.5. The molecule has 0 aliphatic heterocycles. The summed E-state index contributed by atoms with van der Waals surface area (Å²) in [5.74, 6) is 2.42. The molecule has 0 atom stereocenters. The van der Waals surface area contributed by atoms with E-state index < -0.39 is 0 Å². The lowest BCUT2D eigenvalue weighted by atomic mass is 10.0. The van der Waals surface area contributed by atoms with Crippen LogP contribution in [0.5, 0.6) is 0 Å². The van der Waals surface area contributed by atoms with Gasteiger partial charge >= 0.3 is 0 Å². The molecule has 216 valence electrons. The van der Waals surface area contributed by atoms with E-state index in [0.29, 0.717) is 23.4 Å². The molecule has 6 aromatic carbocycles. The highest BCUT2D eigenvalue weighted by molar-refractivity contribution is 6.12. The Kier molecular flexibility index (Phi) is 6.03. The molecule has 0 spiro atoms. The van der Waals surface area contributed by atoms with E-state index in [4.69, 9.17) is 28.8 Å². The number of benzene rings is 6. The van der Waals surface area contributed by atoms with Crippen molar-refractivity contribution in [1.29, 1.82) is 0 Å². The number of rotatable bonds is 5. The van der Waals surface area contributed by atoms with Gasteiger partial charge in [-0.25, -0.2) is 19.9 Å². The topological polar surface area (TPSA) is 77.8 Å². The lowest BCUT2D eigenvalue weighted by Crippen LogP contribution is -2.00. The Hall–Kier alpha value is -6.40. The summed E-state index contributed by atoms with van der Waals surface area (Å²) in [4.78, 5) is 19.7. The molecule has 3 heterocycles. The summed E-state index contributed by atoms with van der Waals surface area (Å²) in [7, 11) is 0. The van der Waals surface area contributed by atoms with Crippen molar-refractivity contribution < 1.29 is 8.83 Å². The molecular weight excluding hydrogens is 568 g/mol. The molecule has 9 rings (SSSR count). The average molecular weight is 593 g/mol. The fourth-order valence-electron chi connectivity index (χ4n) is 5.99. The molecular formula is C40H24N4O2. The molecule has 0 radical (unpaired) electrons. The number of furan rings is 1. The number of fused-ring (bicyclic) bond motifs is 4. The summed E-state index contributed by atoms with van der Waals surface area (Å²) in [5, 5.41) is 1.94. The average Bonchev–Trinajstić information content (AvgIpc) is 3.74. The lowest BCUT2D eigenvalue weighted by molar-refractivity contribution is 0.620. The van der Waals surface area contributed by atoms with Crippen molar-refractivity contribution in [1.82, 2.24) is 19.9 Å². The van der Waals surface area contributed by atoms with Gasteiger partial charge in [-0.15, -0.1) is 0 Å². The highest BCUT2D eigenvalue weighted by Crippen LogP contribution is 2.39. The third-order valence-electron chi connectivity index (χ3n) is 8.19. The van der Waals surface area contributed by atoms with Crippen LogP contribution in [0.3, 0.4) is 0 Å². The van der Waals surface area contributed by atoms with Gasteiger partial charge in [-0.2, -0.15) is 0 Å². The van der Waals surface area contributed by atoms with Gasteiger partial charge in [0.25, 0.3) is 0 Å². The number of para-hydroxylation sites is 1. The van der Waals surface area contributed by atoms with E-state index in [0.717, 1.165) is 66.4 Å². The van der Waals surface area contributed by atoms with Crippen LogP contribution < -0.4 is 0 Å². The minimum absolute atomic E-state index is 0.589. The molecule has 0 bridgehead atoms. The fraction of sp³-hybridized carbons (Fsp3) is 0. The first-order valence-corrected chi connectivity index (χ1v) is 15.1. The molecule has 6 heteroatoms. The first-order chi connectivity index (χ1) is 22.8. The van der Waals surface area contributed by atoms with Crippen molar-refractivity contribution in [2.75, 3.05) is 0 Å². The van der Waals surface area contributed by atoms with E-state index in [1.165, 1.54) is 0 Å². The van der Waals surface area contributed by atoms with Crippen molar-refractivity contribution in [3.8, 4) is 56.7 Å². The number of nitrogens with zero attached hydrogens (tertiary/aromatic N) is 4. The Labute approximate surface area is 263 Å². The van der Waals surface area contributed by atoms with Crippen LogP contribution in [0.4, 0.5) is 0 Å². The van der Waals surface area contributed by atoms with Crippen LogP contribution in [-0.4, -0.2) is 19.9 Å². The molecule has 0 N–H and O–H groups in total. The molecule has 0 saturated carbocycles. The predicted octanol–water partition coefficient (Wildman–Crippen LogP) is 10.2. The normalized spacial score (nSPS) is 11.5. The third kappa shape index (κ3) is 4.43. The molecule has 0 saturated heterocycles. The third-order valence-corrected chi connectivity index (χ3v) is 8.19. The summed E-state index contributed by atoms with van der Waals surface area (Å²) in [6.07, 6.45) is 0. The number of aromatic nitrogens is 4. The molecule has 3 aromatic heterocycles. The Morgan fingerprint density at radius 1 is 0.370 bits per heavy atom. The minimum Gasteiger partial charge on any atom is -0.456 e. The predicted molar refractivity (Wildman–Crippen MR) is 182 cm³/mol. The lowest BCUT2D eigenvalue weighted by Gasteiger charge is -2.09. The van der Waals surface area contributed by atoms with Gasteiger partial charge in [0.2, 0.25) is 5.89 Å². The second-order valence-electron chi connectivity index (χ2n) is 11.1. The molecule has 0 unspecified atom stereocenters. The molecule has 0 aliphatic rings. The standard InChI is InChI=1S/C40H24N4O2/c1-4-12-25(13-5-1)37-42-38(26-14-6-2-7-15-26)44-39(43-37)31-19-11-20-32-35(31)30-23-22-28(24-34(30)45-32)29-18-10-21-33-36(29)41-40(46-33)27-16-8-3-9-17-27/h1-24H. The van der Waals surface area contributed by atoms with Crippen LogP contribution in [0.1, 0.15) is 0 Å². The molecule has 0 aliphatic carbocycles. The first kappa shape index (κ1) is 26.0. The summed E-state index contributed by atoms with van der Waals surface area (Å²) in [5.41, 5.74) is 8.72. The Morgan fingerprint density at radius 2 is 0.957 bits per heavy atom. The van der Waals surface area contributed by atoms with Crippen LogP contribution in [0, 0.1) is 0 Å². The van der Waals surface area contributed by atoms with E-state index in [9.17, 15) is 0 Å². The maximum absolute atomic E-state index is 6.48. The largest absolute Gasteiger partial charge is 0.456 e. The highest BCUT2D eigenvalue weighted by Gasteiger charge is 2.19. The minimum atomic E-state index is 0.589. The smallest absolute Gasteiger partial charge is 0.227 e. The second kappa shape index (κ2) is 10.6. The molecule has 46 heavy (non-hydrogen) atoms. The van der Waals surface area contributed by atoms with Crippen molar-refractivity contribution in [3.05, 3.63) is 146 Å². The Morgan fingerprint density at radius 3 is 1.63 bits per heavy atom. The fourth-order valence-corrected chi connectivity index (χ4v) is 5.99. The maximum atomic E-state index is 6.48. The molecule has 9 aromatic rings. The van der Waals surface area contributed by atoms with E-state index in [1.807, 2.05) is 121 Å². The van der Waals surface area contributed by atoms with Crippen LogP contribution in [0.25, 0.3) is 89.8 Å². The van der Waals surface area contributed by atoms with Gasteiger partial charge in [-0.1, -0.05) is 109 Å². The van der Waals surface area contributed by atoms with Gasteiger partial charge in [0.1, 0.15) is 16.7 Å². The van der Waals surface area contributed by atoms with Crippen molar-refractivity contribution >= 4 is 33.0 Å². The number of hydrogen-bond donors (Lipinski definition) is 0. The number of oxazole rings is 1. The van der Waals surface area contributed by atoms with Gasteiger partial charge in [0.05, 0.1) is 0 Å². The van der Waals surface area contributed by atoms with E-state index in [2.05, 4.69) is 24.3 Å². The van der Waals surface area contributed by atoms with E-state index >= 15 is 0 Å². The Balaban J connectivity index is 1.20. The quantitative estimate of drug-likeness (QED) is 0.198.